The molecule has 0 saturated carbocycles. The molecule has 0 aliphatic carbocycles. The second kappa shape index (κ2) is 8.24. The second-order valence-electron chi connectivity index (χ2n) is 5.61. The van der Waals surface area contributed by atoms with E-state index in [1.54, 1.807) is 0 Å². The number of carbonyl (C=O) groups is 3. The van der Waals surface area contributed by atoms with Crippen LogP contribution in [-0.4, -0.2) is 30.1 Å². The minimum Gasteiger partial charge on any atom is -0.451 e. The van der Waals surface area contributed by atoms with Gasteiger partial charge in [0.2, 0.25) is 5.91 Å². The zero-order valence-corrected chi connectivity index (χ0v) is 13.8. The molecule has 1 aromatic carbocycles. The largest absolute Gasteiger partial charge is 0.451 e. The molecule has 1 aliphatic rings. The van der Waals surface area contributed by atoms with Crippen molar-refractivity contribution in [3.05, 3.63) is 35.4 Å². The first-order valence-corrected chi connectivity index (χ1v) is 7.88. The molecule has 1 aliphatic heterocycles. The van der Waals surface area contributed by atoms with E-state index >= 15 is 0 Å². The molecule has 128 valence electrons. The number of amides is 2. The molecule has 2 rings (SSSR count). The molecule has 7 nitrogen and oxygen atoms in total. The molecule has 7 heteroatoms. The summed E-state index contributed by atoms with van der Waals surface area (Å²) in [5, 5.41) is 6.47. The third-order valence-electron chi connectivity index (χ3n) is 3.70. The number of hydrogen-bond donors (Lipinski definition) is 2. The first kappa shape index (κ1) is 17.7. The van der Waals surface area contributed by atoms with E-state index in [-0.39, 0.29) is 43.0 Å². The van der Waals surface area contributed by atoms with Gasteiger partial charge in [0.1, 0.15) is 5.71 Å². The van der Waals surface area contributed by atoms with Crippen molar-refractivity contribution < 1.29 is 19.1 Å². The summed E-state index contributed by atoms with van der Waals surface area (Å²) in [7, 11) is 0. The van der Waals surface area contributed by atoms with Crippen molar-refractivity contribution in [2.24, 2.45) is 5.10 Å². The van der Waals surface area contributed by atoms with Crippen LogP contribution in [0.2, 0.25) is 0 Å². The fraction of sp³-hybridized carbons (Fsp3) is 0.412. The van der Waals surface area contributed by atoms with Crippen molar-refractivity contribution in [3.8, 4) is 0 Å². The smallest absolute Gasteiger partial charge is 0.355 e. The highest BCUT2D eigenvalue weighted by Crippen LogP contribution is 2.17. The van der Waals surface area contributed by atoms with E-state index < -0.39 is 5.97 Å². The lowest BCUT2D eigenvalue weighted by Gasteiger charge is -2.18. The molecule has 0 unspecified atom stereocenters. The van der Waals surface area contributed by atoms with Crippen LogP contribution >= 0.6 is 0 Å². The number of benzene rings is 1. The number of hydrazone groups is 1. The van der Waals surface area contributed by atoms with Crippen molar-refractivity contribution >= 4 is 23.5 Å². The van der Waals surface area contributed by atoms with Gasteiger partial charge in [-0.15, -0.1) is 0 Å². The highest BCUT2D eigenvalue weighted by molar-refractivity contribution is 6.37. The summed E-state index contributed by atoms with van der Waals surface area (Å²) in [4.78, 5) is 34.8. The monoisotopic (exact) mass is 331 g/mol. The quantitative estimate of drug-likeness (QED) is 0.769. The van der Waals surface area contributed by atoms with E-state index in [1.807, 2.05) is 38.1 Å². The molecular formula is C17H21N3O4. The Morgan fingerprint density at radius 3 is 2.58 bits per heavy atom. The lowest BCUT2D eigenvalue weighted by atomic mass is 10.0. The van der Waals surface area contributed by atoms with E-state index in [1.165, 1.54) is 0 Å². The van der Waals surface area contributed by atoms with Gasteiger partial charge in [-0.1, -0.05) is 36.8 Å². The topological polar surface area (TPSA) is 96.9 Å². The first-order valence-electron chi connectivity index (χ1n) is 7.88. The number of aryl methyl sites for hydroxylation is 1. The van der Waals surface area contributed by atoms with Crippen LogP contribution in [0.3, 0.4) is 0 Å². The van der Waals surface area contributed by atoms with Gasteiger partial charge >= 0.3 is 5.97 Å². The Labute approximate surface area is 140 Å². The SMILES string of the molecule is CC[C@@H](NC(=O)COC(=O)C1=NNC(=O)CC1)c1ccc(C)cc1. The fourth-order valence-electron chi connectivity index (χ4n) is 2.29. The van der Waals surface area contributed by atoms with Crippen molar-refractivity contribution in [1.29, 1.82) is 0 Å². The lowest BCUT2D eigenvalue weighted by molar-refractivity contribution is -0.142. The van der Waals surface area contributed by atoms with E-state index in [9.17, 15) is 14.4 Å². The highest BCUT2D eigenvalue weighted by Gasteiger charge is 2.21. The van der Waals surface area contributed by atoms with Crippen LogP contribution in [0.15, 0.2) is 29.4 Å². The van der Waals surface area contributed by atoms with Gasteiger partial charge in [-0.2, -0.15) is 5.10 Å². The maximum atomic E-state index is 12.0. The summed E-state index contributed by atoms with van der Waals surface area (Å²) in [6.07, 6.45) is 1.13. The summed E-state index contributed by atoms with van der Waals surface area (Å²) in [5.74, 6) is -1.31. The molecule has 1 heterocycles. The van der Waals surface area contributed by atoms with Crippen LogP contribution in [0.4, 0.5) is 0 Å². The van der Waals surface area contributed by atoms with Crippen molar-refractivity contribution in [2.75, 3.05) is 6.61 Å². The Morgan fingerprint density at radius 2 is 2.00 bits per heavy atom. The Kier molecular flexibility index (Phi) is 6.06. The number of carbonyl (C=O) groups excluding carboxylic acids is 3. The number of nitrogens with one attached hydrogen (secondary N) is 2. The molecule has 0 aromatic heterocycles. The van der Waals surface area contributed by atoms with Gasteiger partial charge in [0, 0.05) is 12.8 Å². The Balaban J connectivity index is 1.84. The van der Waals surface area contributed by atoms with Crippen LogP contribution in [0, 0.1) is 6.92 Å². The van der Waals surface area contributed by atoms with Crippen molar-refractivity contribution in [3.63, 3.8) is 0 Å². The van der Waals surface area contributed by atoms with E-state index in [2.05, 4.69) is 15.8 Å². The molecule has 1 atom stereocenters. The molecule has 2 amide bonds. The van der Waals surface area contributed by atoms with Gasteiger partial charge < -0.3 is 10.1 Å². The van der Waals surface area contributed by atoms with Crippen LogP contribution in [0.5, 0.6) is 0 Å². The third kappa shape index (κ3) is 4.91. The first-order chi connectivity index (χ1) is 11.5. The molecule has 0 fully saturated rings. The van der Waals surface area contributed by atoms with E-state index in [0.717, 1.165) is 17.5 Å². The summed E-state index contributed by atoms with van der Waals surface area (Å²) in [5.41, 5.74) is 4.48. The molecule has 2 N–H and O–H groups in total. The maximum absolute atomic E-state index is 12.0. The fourth-order valence-corrected chi connectivity index (χ4v) is 2.29. The summed E-state index contributed by atoms with van der Waals surface area (Å²) < 4.78 is 4.95. The molecule has 0 saturated heterocycles. The van der Waals surface area contributed by atoms with Gasteiger partial charge in [-0.25, -0.2) is 10.2 Å². The average Bonchev–Trinajstić information content (AvgIpc) is 2.59. The van der Waals surface area contributed by atoms with E-state index in [0.29, 0.717) is 0 Å². The minimum absolute atomic E-state index is 0.118. The zero-order chi connectivity index (χ0) is 17.5. The number of hydrogen-bond acceptors (Lipinski definition) is 5. The van der Waals surface area contributed by atoms with Gasteiger partial charge in [-0.05, 0) is 18.9 Å². The molecule has 0 radical (unpaired) electrons. The van der Waals surface area contributed by atoms with Gasteiger partial charge in [0.15, 0.2) is 6.61 Å². The van der Waals surface area contributed by atoms with Crippen LogP contribution in [0.25, 0.3) is 0 Å². The second-order valence-corrected chi connectivity index (χ2v) is 5.61. The normalized spacial score (nSPS) is 15.1. The summed E-state index contributed by atoms with van der Waals surface area (Å²) in [6.45, 7) is 3.59. The van der Waals surface area contributed by atoms with Gasteiger partial charge in [0.05, 0.1) is 6.04 Å². The molecule has 0 spiro atoms. The maximum Gasteiger partial charge on any atom is 0.355 e. The Bertz CT molecular complexity index is 652. The van der Waals surface area contributed by atoms with Crippen LogP contribution in [0.1, 0.15) is 43.4 Å². The number of nitrogens with zero attached hydrogens (tertiary/aromatic N) is 1. The molecular weight excluding hydrogens is 310 g/mol. The Morgan fingerprint density at radius 1 is 1.29 bits per heavy atom. The highest BCUT2D eigenvalue weighted by atomic mass is 16.5. The van der Waals surface area contributed by atoms with Crippen LogP contribution < -0.4 is 10.7 Å². The van der Waals surface area contributed by atoms with Crippen LogP contribution in [-0.2, 0) is 19.1 Å². The zero-order valence-electron chi connectivity index (χ0n) is 13.8. The van der Waals surface area contributed by atoms with Crippen molar-refractivity contribution in [1.82, 2.24) is 10.7 Å². The van der Waals surface area contributed by atoms with Crippen molar-refractivity contribution in [2.45, 2.75) is 39.2 Å². The number of ether oxygens (including phenoxy) is 1. The van der Waals surface area contributed by atoms with E-state index in [4.69, 9.17) is 4.74 Å². The molecule has 1 aromatic rings. The standard InChI is InChI=1S/C17H21N3O4/c1-3-13(12-6-4-11(2)5-7-12)18-16(22)10-24-17(23)14-8-9-15(21)20-19-14/h4-7,13H,3,8-10H2,1-2H3,(H,18,22)(H,20,21)/t13-/m1/s1. The van der Waals surface area contributed by atoms with Gasteiger partial charge in [0.25, 0.3) is 5.91 Å². The molecule has 0 bridgehead atoms. The summed E-state index contributed by atoms with van der Waals surface area (Å²) in [6, 6.07) is 7.77. The lowest BCUT2D eigenvalue weighted by Crippen LogP contribution is -2.35. The summed E-state index contributed by atoms with van der Waals surface area (Å²) >= 11 is 0. The predicted molar refractivity (Wildman–Crippen MR) is 88.1 cm³/mol. The predicted octanol–water partition coefficient (Wildman–Crippen LogP) is 1.37. The third-order valence-corrected chi connectivity index (χ3v) is 3.70. The number of esters is 1. The number of rotatable bonds is 6. The van der Waals surface area contributed by atoms with Gasteiger partial charge in [-0.3, -0.25) is 9.59 Å². The molecule has 24 heavy (non-hydrogen) atoms. The minimum atomic E-state index is -0.687. The average molecular weight is 331 g/mol. The Hall–Kier alpha value is -2.70.